The minimum atomic E-state index is -1.01. The molecule has 0 amide bonds. The first kappa shape index (κ1) is 10.4. The summed E-state index contributed by atoms with van der Waals surface area (Å²) in [6, 6.07) is 0. The molecular weight excluding hydrogens is 148 g/mol. The molecule has 0 saturated heterocycles. The Hall–Kier alpha value is -0.610. The van der Waals surface area contributed by atoms with Gasteiger partial charge in [-0.1, -0.05) is 6.92 Å². The second kappa shape index (κ2) is 5.09. The molecule has 2 N–H and O–H groups in total. The van der Waals surface area contributed by atoms with Gasteiger partial charge in [0.1, 0.15) is 0 Å². The molecular formula is C7H14O4. The summed E-state index contributed by atoms with van der Waals surface area (Å²) in [6.07, 6.45) is -1.56. The fourth-order valence-corrected chi connectivity index (χ4v) is 0.662. The number of methoxy groups -OCH3 is 1. The van der Waals surface area contributed by atoms with E-state index in [4.69, 9.17) is 10.2 Å². The van der Waals surface area contributed by atoms with Crippen LogP contribution in [0.5, 0.6) is 0 Å². The lowest BCUT2D eigenvalue weighted by molar-refractivity contribution is -0.144. The predicted molar refractivity (Wildman–Crippen MR) is 38.9 cm³/mol. The number of carbonyl (C=O) groups excluding carboxylic acids is 1. The fraction of sp³-hybridized carbons (Fsp3) is 0.857. The highest BCUT2D eigenvalue weighted by atomic mass is 16.5. The molecule has 0 aromatic heterocycles. The van der Waals surface area contributed by atoms with Gasteiger partial charge in [-0.2, -0.15) is 0 Å². The van der Waals surface area contributed by atoms with Crippen LogP contribution in [0.25, 0.3) is 0 Å². The van der Waals surface area contributed by atoms with Gasteiger partial charge in [-0.25, -0.2) is 0 Å². The molecule has 0 aliphatic rings. The molecule has 2 atom stereocenters. The number of hydrogen-bond donors (Lipinski definition) is 2. The van der Waals surface area contributed by atoms with Crippen LogP contribution in [0.4, 0.5) is 0 Å². The molecule has 0 rings (SSSR count). The zero-order chi connectivity index (χ0) is 8.85. The van der Waals surface area contributed by atoms with Crippen molar-refractivity contribution in [2.75, 3.05) is 7.11 Å². The third-order valence-electron chi connectivity index (χ3n) is 1.47. The fourth-order valence-electron chi connectivity index (χ4n) is 0.662. The van der Waals surface area contributed by atoms with Crippen molar-refractivity contribution in [3.8, 4) is 0 Å². The minimum absolute atomic E-state index is 0.147. The van der Waals surface area contributed by atoms with Crippen molar-refractivity contribution in [1.29, 1.82) is 0 Å². The van der Waals surface area contributed by atoms with Gasteiger partial charge >= 0.3 is 5.97 Å². The summed E-state index contributed by atoms with van der Waals surface area (Å²) in [5.74, 6) is -0.509. The Labute approximate surface area is 65.8 Å². The number of rotatable bonds is 4. The third-order valence-corrected chi connectivity index (χ3v) is 1.47. The number of ether oxygens (including phenoxy) is 1. The number of carbonyl (C=O) groups is 1. The van der Waals surface area contributed by atoms with Gasteiger partial charge in [0, 0.05) is 0 Å². The molecule has 0 aliphatic carbocycles. The van der Waals surface area contributed by atoms with Gasteiger partial charge in [-0.3, -0.25) is 4.79 Å². The number of esters is 1. The van der Waals surface area contributed by atoms with E-state index in [0.29, 0.717) is 6.42 Å². The summed E-state index contributed by atoms with van der Waals surface area (Å²) in [4.78, 5) is 10.5. The summed E-state index contributed by atoms with van der Waals surface area (Å²) in [7, 11) is 1.24. The summed E-state index contributed by atoms with van der Waals surface area (Å²) >= 11 is 0. The minimum Gasteiger partial charge on any atom is -0.469 e. The number of aliphatic hydroxyl groups excluding tert-OH is 2. The van der Waals surface area contributed by atoms with E-state index in [0.717, 1.165) is 0 Å². The lowest BCUT2D eigenvalue weighted by atomic mass is 10.1. The molecule has 4 nitrogen and oxygen atoms in total. The quantitative estimate of drug-likeness (QED) is 0.556. The zero-order valence-corrected chi connectivity index (χ0v) is 6.78. The monoisotopic (exact) mass is 162 g/mol. The van der Waals surface area contributed by atoms with E-state index >= 15 is 0 Å². The molecule has 0 aromatic rings. The van der Waals surface area contributed by atoms with Gasteiger partial charge in [-0.05, 0) is 6.42 Å². The van der Waals surface area contributed by atoms with Gasteiger partial charge < -0.3 is 14.9 Å². The van der Waals surface area contributed by atoms with E-state index in [1.54, 1.807) is 6.92 Å². The maximum absolute atomic E-state index is 10.5. The summed E-state index contributed by atoms with van der Waals surface area (Å²) < 4.78 is 4.31. The SMILES string of the molecule is CCC(O)C(O)CC(=O)OC. The van der Waals surface area contributed by atoms with Crippen LogP contribution in [0, 0.1) is 0 Å². The standard InChI is InChI=1S/C7H14O4/c1-3-5(8)6(9)4-7(10)11-2/h5-6,8-9H,3-4H2,1-2H3. The lowest BCUT2D eigenvalue weighted by Gasteiger charge is -2.13. The van der Waals surface area contributed by atoms with Crippen molar-refractivity contribution in [2.45, 2.75) is 32.0 Å². The largest absolute Gasteiger partial charge is 0.469 e. The van der Waals surface area contributed by atoms with Crippen molar-refractivity contribution < 1.29 is 19.7 Å². The molecule has 0 bridgehead atoms. The highest BCUT2D eigenvalue weighted by Crippen LogP contribution is 2.03. The molecule has 0 aliphatic heterocycles. The first-order valence-electron chi connectivity index (χ1n) is 3.54. The Bertz CT molecular complexity index is 124. The van der Waals surface area contributed by atoms with Crippen LogP contribution >= 0.6 is 0 Å². The first-order chi connectivity index (χ1) is 5.11. The second-order valence-corrected chi connectivity index (χ2v) is 2.32. The highest BCUT2D eigenvalue weighted by Gasteiger charge is 2.17. The molecule has 0 fully saturated rings. The lowest BCUT2D eigenvalue weighted by Crippen LogP contribution is -2.28. The van der Waals surface area contributed by atoms with Crippen molar-refractivity contribution in [2.24, 2.45) is 0 Å². The van der Waals surface area contributed by atoms with Crippen LogP contribution in [0.15, 0.2) is 0 Å². The van der Waals surface area contributed by atoms with Gasteiger partial charge in [0.25, 0.3) is 0 Å². The van der Waals surface area contributed by atoms with Gasteiger partial charge in [0.15, 0.2) is 0 Å². The van der Waals surface area contributed by atoms with Gasteiger partial charge in [-0.15, -0.1) is 0 Å². The highest BCUT2D eigenvalue weighted by molar-refractivity contribution is 5.69. The smallest absolute Gasteiger partial charge is 0.308 e. The van der Waals surface area contributed by atoms with Gasteiger partial charge in [0.05, 0.1) is 25.7 Å². The van der Waals surface area contributed by atoms with E-state index < -0.39 is 18.2 Å². The van der Waals surface area contributed by atoms with Crippen molar-refractivity contribution in [3.63, 3.8) is 0 Å². The topological polar surface area (TPSA) is 66.8 Å². The number of hydrogen-bond acceptors (Lipinski definition) is 4. The molecule has 4 heteroatoms. The van der Waals surface area contributed by atoms with Crippen LogP contribution in [-0.4, -0.2) is 35.5 Å². The Morgan fingerprint density at radius 3 is 2.36 bits per heavy atom. The van der Waals surface area contributed by atoms with E-state index in [1.165, 1.54) is 7.11 Å². The average Bonchev–Trinajstić information content (AvgIpc) is 2.02. The van der Waals surface area contributed by atoms with Crippen molar-refractivity contribution in [3.05, 3.63) is 0 Å². The average molecular weight is 162 g/mol. The van der Waals surface area contributed by atoms with Gasteiger partial charge in [0.2, 0.25) is 0 Å². The molecule has 0 saturated carbocycles. The van der Waals surface area contributed by atoms with Crippen LogP contribution in [0.1, 0.15) is 19.8 Å². The normalized spacial score (nSPS) is 15.6. The van der Waals surface area contributed by atoms with Crippen LogP contribution in [0.3, 0.4) is 0 Å². The number of aliphatic hydroxyl groups is 2. The van der Waals surface area contributed by atoms with Crippen molar-refractivity contribution >= 4 is 5.97 Å². The molecule has 0 heterocycles. The Kier molecular flexibility index (Phi) is 4.81. The van der Waals surface area contributed by atoms with Crippen LogP contribution in [-0.2, 0) is 9.53 Å². The van der Waals surface area contributed by atoms with E-state index in [-0.39, 0.29) is 6.42 Å². The molecule has 2 unspecified atom stereocenters. The zero-order valence-electron chi connectivity index (χ0n) is 6.78. The summed E-state index contributed by atoms with van der Waals surface area (Å²) in [6.45, 7) is 1.73. The Morgan fingerprint density at radius 1 is 1.45 bits per heavy atom. The molecule has 11 heavy (non-hydrogen) atoms. The first-order valence-corrected chi connectivity index (χ1v) is 3.54. The summed E-state index contributed by atoms with van der Waals surface area (Å²) in [5, 5.41) is 18.1. The Balaban J connectivity index is 3.67. The molecule has 0 aromatic carbocycles. The summed E-state index contributed by atoms with van der Waals surface area (Å²) in [5.41, 5.74) is 0. The van der Waals surface area contributed by atoms with Crippen molar-refractivity contribution in [1.82, 2.24) is 0 Å². The third kappa shape index (κ3) is 3.95. The van der Waals surface area contributed by atoms with Crippen LogP contribution < -0.4 is 0 Å². The Morgan fingerprint density at radius 2 is 2.00 bits per heavy atom. The molecule has 0 radical (unpaired) electrons. The van der Waals surface area contributed by atoms with E-state index in [1.807, 2.05) is 0 Å². The van der Waals surface area contributed by atoms with E-state index in [9.17, 15) is 4.79 Å². The van der Waals surface area contributed by atoms with Crippen LogP contribution in [0.2, 0.25) is 0 Å². The second-order valence-electron chi connectivity index (χ2n) is 2.32. The molecule has 66 valence electrons. The maximum atomic E-state index is 10.5. The van der Waals surface area contributed by atoms with E-state index in [2.05, 4.69) is 4.74 Å². The predicted octanol–water partition coefficient (Wildman–Crippen LogP) is -0.319. The maximum Gasteiger partial charge on any atom is 0.308 e. The molecule has 0 spiro atoms.